The molecule has 2 aromatic rings. The van der Waals surface area contributed by atoms with Crippen molar-refractivity contribution in [1.82, 2.24) is 15.0 Å². The van der Waals surface area contributed by atoms with E-state index in [0.717, 1.165) is 16.8 Å². The van der Waals surface area contributed by atoms with Crippen molar-refractivity contribution < 1.29 is 9.90 Å². The Morgan fingerprint density at radius 2 is 2.12 bits per heavy atom. The summed E-state index contributed by atoms with van der Waals surface area (Å²) < 4.78 is 1.48. The number of nitrogens with zero attached hydrogens (tertiary/aromatic N) is 3. The van der Waals surface area contributed by atoms with Gasteiger partial charge in [0.2, 0.25) is 0 Å². The van der Waals surface area contributed by atoms with Crippen molar-refractivity contribution in [2.75, 3.05) is 0 Å². The highest BCUT2D eigenvalue weighted by Crippen LogP contribution is 2.16. The minimum absolute atomic E-state index is 0.0547. The SMILES string of the molecule is Cc1cccc(-n2cc(C(=O)O)nn2)c1C. The second-order valence-corrected chi connectivity index (χ2v) is 3.57. The Kier molecular flexibility index (Phi) is 2.44. The molecule has 0 aliphatic heterocycles. The van der Waals surface area contributed by atoms with E-state index < -0.39 is 5.97 Å². The molecule has 5 nitrogen and oxygen atoms in total. The molecule has 0 saturated heterocycles. The summed E-state index contributed by atoms with van der Waals surface area (Å²) in [5, 5.41) is 16.1. The molecule has 2 rings (SSSR count). The number of aryl methyl sites for hydroxylation is 1. The molecule has 1 aromatic carbocycles. The van der Waals surface area contributed by atoms with E-state index in [1.165, 1.54) is 10.9 Å². The Morgan fingerprint density at radius 3 is 2.75 bits per heavy atom. The zero-order valence-electron chi connectivity index (χ0n) is 9.01. The van der Waals surface area contributed by atoms with Crippen LogP contribution in [0.4, 0.5) is 0 Å². The Hall–Kier alpha value is -2.17. The van der Waals surface area contributed by atoms with E-state index in [4.69, 9.17) is 5.11 Å². The van der Waals surface area contributed by atoms with Crippen LogP contribution in [0.3, 0.4) is 0 Å². The minimum Gasteiger partial charge on any atom is -0.476 e. The van der Waals surface area contributed by atoms with Gasteiger partial charge < -0.3 is 5.11 Å². The van der Waals surface area contributed by atoms with Gasteiger partial charge in [-0.15, -0.1) is 5.10 Å². The Morgan fingerprint density at radius 1 is 1.38 bits per heavy atom. The van der Waals surface area contributed by atoms with Crippen LogP contribution in [0.25, 0.3) is 5.69 Å². The molecular weight excluding hydrogens is 206 g/mol. The number of aromatic nitrogens is 3. The van der Waals surface area contributed by atoms with Gasteiger partial charge >= 0.3 is 5.97 Å². The van der Waals surface area contributed by atoms with Gasteiger partial charge in [0.15, 0.2) is 5.69 Å². The Balaban J connectivity index is 2.50. The Bertz CT molecular complexity index is 546. The monoisotopic (exact) mass is 217 g/mol. The number of benzene rings is 1. The lowest BCUT2D eigenvalue weighted by atomic mass is 10.1. The first kappa shape index (κ1) is 10.4. The van der Waals surface area contributed by atoms with Crippen LogP contribution in [0.15, 0.2) is 24.4 Å². The lowest BCUT2D eigenvalue weighted by molar-refractivity contribution is 0.0690. The van der Waals surface area contributed by atoms with Gasteiger partial charge in [-0.1, -0.05) is 17.3 Å². The average Bonchev–Trinajstić information content (AvgIpc) is 2.71. The molecule has 0 fully saturated rings. The second-order valence-electron chi connectivity index (χ2n) is 3.57. The predicted molar refractivity (Wildman–Crippen MR) is 57.8 cm³/mol. The highest BCUT2D eigenvalue weighted by molar-refractivity contribution is 5.84. The van der Waals surface area contributed by atoms with Crippen molar-refractivity contribution in [2.24, 2.45) is 0 Å². The molecule has 0 aliphatic rings. The van der Waals surface area contributed by atoms with Crippen molar-refractivity contribution in [3.8, 4) is 5.69 Å². The fourth-order valence-electron chi connectivity index (χ4n) is 1.46. The van der Waals surface area contributed by atoms with Crippen LogP contribution >= 0.6 is 0 Å². The molecule has 0 unspecified atom stereocenters. The van der Waals surface area contributed by atoms with Gasteiger partial charge in [-0.2, -0.15) is 0 Å². The third-order valence-corrected chi connectivity index (χ3v) is 2.54. The van der Waals surface area contributed by atoms with Crippen LogP contribution in [0.5, 0.6) is 0 Å². The summed E-state index contributed by atoms with van der Waals surface area (Å²) in [6, 6.07) is 5.77. The van der Waals surface area contributed by atoms with Crippen LogP contribution in [0, 0.1) is 13.8 Å². The average molecular weight is 217 g/mol. The minimum atomic E-state index is -1.07. The summed E-state index contributed by atoms with van der Waals surface area (Å²) in [6.07, 6.45) is 1.41. The summed E-state index contributed by atoms with van der Waals surface area (Å²) in [7, 11) is 0. The van der Waals surface area contributed by atoms with E-state index in [-0.39, 0.29) is 5.69 Å². The summed E-state index contributed by atoms with van der Waals surface area (Å²) in [6.45, 7) is 3.96. The third-order valence-electron chi connectivity index (χ3n) is 2.54. The summed E-state index contributed by atoms with van der Waals surface area (Å²) in [4.78, 5) is 10.7. The number of rotatable bonds is 2. The molecule has 1 heterocycles. The highest BCUT2D eigenvalue weighted by atomic mass is 16.4. The molecule has 0 atom stereocenters. The van der Waals surface area contributed by atoms with E-state index in [1.54, 1.807) is 0 Å². The number of hydrogen-bond acceptors (Lipinski definition) is 3. The van der Waals surface area contributed by atoms with Gasteiger partial charge in [0, 0.05) is 0 Å². The maximum atomic E-state index is 10.7. The first-order valence-corrected chi connectivity index (χ1v) is 4.82. The quantitative estimate of drug-likeness (QED) is 0.829. The van der Waals surface area contributed by atoms with Gasteiger partial charge in [-0.3, -0.25) is 0 Å². The van der Waals surface area contributed by atoms with Crippen molar-refractivity contribution in [2.45, 2.75) is 13.8 Å². The van der Waals surface area contributed by atoms with E-state index in [0.29, 0.717) is 0 Å². The highest BCUT2D eigenvalue weighted by Gasteiger charge is 2.10. The number of carbonyl (C=O) groups is 1. The molecule has 0 amide bonds. The molecule has 5 heteroatoms. The van der Waals surface area contributed by atoms with E-state index in [2.05, 4.69) is 10.3 Å². The lowest BCUT2D eigenvalue weighted by Gasteiger charge is -2.06. The molecule has 0 radical (unpaired) electrons. The molecule has 1 aromatic heterocycles. The molecule has 0 spiro atoms. The van der Waals surface area contributed by atoms with E-state index in [9.17, 15) is 4.79 Å². The fraction of sp³-hybridized carbons (Fsp3) is 0.182. The van der Waals surface area contributed by atoms with Crippen LogP contribution < -0.4 is 0 Å². The maximum Gasteiger partial charge on any atom is 0.358 e. The van der Waals surface area contributed by atoms with Gasteiger partial charge in [-0.25, -0.2) is 9.48 Å². The van der Waals surface area contributed by atoms with Crippen LogP contribution in [-0.2, 0) is 0 Å². The summed E-state index contributed by atoms with van der Waals surface area (Å²) in [5.41, 5.74) is 2.98. The molecule has 1 N–H and O–H groups in total. The number of carboxylic acids is 1. The number of carboxylic acid groups (broad SMARTS) is 1. The van der Waals surface area contributed by atoms with Gasteiger partial charge in [0.05, 0.1) is 11.9 Å². The first-order chi connectivity index (χ1) is 7.59. The van der Waals surface area contributed by atoms with Crippen LogP contribution in [0.1, 0.15) is 21.6 Å². The van der Waals surface area contributed by atoms with Crippen LogP contribution in [-0.4, -0.2) is 26.1 Å². The van der Waals surface area contributed by atoms with Crippen molar-refractivity contribution in [1.29, 1.82) is 0 Å². The number of hydrogen-bond donors (Lipinski definition) is 1. The Labute approximate surface area is 92.3 Å². The largest absolute Gasteiger partial charge is 0.476 e. The van der Waals surface area contributed by atoms with Crippen molar-refractivity contribution in [3.63, 3.8) is 0 Å². The standard InChI is InChI=1S/C11H11N3O2/c1-7-4-3-5-10(8(7)2)14-6-9(11(15)16)12-13-14/h3-6H,1-2H3,(H,15,16). The van der Waals surface area contributed by atoms with Gasteiger partial charge in [0.25, 0.3) is 0 Å². The van der Waals surface area contributed by atoms with Gasteiger partial charge in [0.1, 0.15) is 0 Å². The third kappa shape index (κ3) is 1.67. The molecule has 0 aliphatic carbocycles. The molecular formula is C11H11N3O2. The topological polar surface area (TPSA) is 68.0 Å². The predicted octanol–water partition coefficient (Wildman–Crippen LogP) is 1.58. The van der Waals surface area contributed by atoms with E-state index in [1.807, 2.05) is 32.0 Å². The second kappa shape index (κ2) is 3.77. The zero-order chi connectivity index (χ0) is 11.7. The van der Waals surface area contributed by atoms with Crippen LogP contribution in [0.2, 0.25) is 0 Å². The smallest absolute Gasteiger partial charge is 0.358 e. The van der Waals surface area contributed by atoms with Gasteiger partial charge in [-0.05, 0) is 31.0 Å². The molecule has 82 valence electrons. The van der Waals surface area contributed by atoms with E-state index >= 15 is 0 Å². The zero-order valence-corrected chi connectivity index (χ0v) is 9.01. The van der Waals surface area contributed by atoms with Crippen molar-refractivity contribution in [3.05, 3.63) is 41.2 Å². The lowest BCUT2D eigenvalue weighted by Crippen LogP contribution is -1.99. The number of aromatic carboxylic acids is 1. The summed E-state index contributed by atoms with van der Waals surface area (Å²) >= 11 is 0. The molecule has 0 saturated carbocycles. The van der Waals surface area contributed by atoms with Crippen molar-refractivity contribution >= 4 is 5.97 Å². The fourth-order valence-corrected chi connectivity index (χ4v) is 1.46. The molecule has 16 heavy (non-hydrogen) atoms. The maximum absolute atomic E-state index is 10.7. The summed E-state index contributed by atoms with van der Waals surface area (Å²) in [5.74, 6) is -1.07. The first-order valence-electron chi connectivity index (χ1n) is 4.82. The normalized spacial score (nSPS) is 10.4. The molecule has 0 bridgehead atoms.